The molecule has 1 saturated carbocycles. The monoisotopic (exact) mass is 302 g/mol. The van der Waals surface area contributed by atoms with E-state index < -0.39 is 10.0 Å². The van der Waals surface area contributed by atoms with Gasteiger partial charge in [0.1, 0.15) is 0 Å². The van der Waals surface area contributed by atoms with Crippen LogP contribution < -0.4 is 10.0 Å². The predicted octanol–water partition coefficient (Wildman–Crippen LogP) is 2.28. The quantitative estimate of drug-likeness (QED) is 0.812. The zero-order valence-electron chi connectivity index (χ0n) is 10.9. The molecule has 0 unspecified atom stereocenters. The molecule has 0 bridgehead atoms. The summed E-state index contributed by atoms with van der Waals surface area (Å²) in [7, 11) is -3.42. The zero-order chi connectivity index (χ0) is 13.9. The van der Waals surface area contributed by atoms with Crippen LogP contribution in [0.3, 0.4) is 0 Å². The molecule has 106 valence electrons. The van der Waals surface area contributed by atoms with E-state index in [1.165, 1.54) is 12.8 Å². The summed E-state index contributed by atoms with van der Waals surface area (Å²) in [6.45, 7) is 2.98. The third-order valence-electron chi connectivity index (χ3n) is 3.03. The number of sulfonamides is 1. The second kappa shape index (κ2) is 6.22. The highest BCUT2D eigenvalue weighted by Crippen LogP contribution is 2.23. The van der Waals surface area contributed by atoms with Gasteiger partial charge in [-0.25, -0.2) is 13.1 Å². The van der Waals surface area contributed by atoms with Crippen molar-refractivity contribution in [2.45, 2.75) is 43.7 Å². The van der Waals surface area contributed by atoms with Gasteiger partial charge in [-0.2, -0.15) is 0 Å². The minimum absolute atomic E-state index is 0.276. The number of rotatable bonds is 7. The van der Waals surface area contributed by atoms with Crippen molar-refractivity contribution in [3.63, 3.8) is 0 Å². The Hall–Kier alpha value is -0.620. The van der Waals surface area contributed by atoms with Crippen molar-refractivity contribution < 1.29 is 8.42 Å². The van der Waals surface area contributed by atoms with Crippen LogP contribution in [0.1, 0.15) is 31.7 Å². The molecule has 1 aliphatic carbocycles. The number of halogens is 1. The highest BCUT2D eigenvalue weighted by atomic mass is 35.5. The van der Waals surface area contributed by atoms with Crippen LogP contribution in [0.25, 0.3) is 0 Å². The first-order valence-corrected chi connectivity index (χ1v) is 8.40. The largest absolute Gasteiger partial charge is 0.310 e. The Morgan fingerprint density at radius 1 is 1.37 bits per heavy atom. The molecular weight excluding hydrogens is 284 g/mol. The summed E-state index contributed by atoms with van der Waals surface area (Å²) in [5.41, 5.74) is 0.827. The lowest BCUT2D eigenvalue weighted by molar-refractivity contribution is 0.580. The number of nitrogens with one attached hydrogen (secondary N) is 2. The fourth-order valence-electron chi connectivity index (χ4n) is 1.72. The predicted molar refractivity (Wildman–Crippen MR) is 76.8 cm³/mol. The van der Waals surface area contributed by atoms with Gasteiger partial charge in [-0.3, -0.25) is 0 Å². The van der Waals surface area contributed by atoms with Crippen LogP contribution in [0.2, 0.25) is 5.02 Å². The minimum atomic E-state index is -3.42. The lowest BCUT2D eigenvalue weighted by Gasteiger charge is -2.10. The topological polar surface area (TPSA) is 58.2 Å². The lowest BCUT2D eigenvalue weighted by Crippen LogP contribution is -2.24. The van der Waals surface area contributed by atoms with E-state index in [9.17, 15) is 8.42 Å². The Balaban J connectivity index is 2.14. The van der Waals surface area contributed by atoms with Crippen molar-refractivity contribution in [1.29, 1.82) is 0 Å². The standard InChI is InChI=1S/C13H19ClN2O2S/c1-2-7-16-19(17,18)12-5-6-13(14)10(8-12)9-15-11-3-4-11/h5-6,8,11,15-16H,2-4,7,9H2,1H3. The Labute approximate surface area is 119 Å². The van der Waals surface area contributed by atoms with Gasteiger partial charge in [0, 0.05) is 24.2 Å². The molecule has 0 radical (unpaired) electrons. The maximum atomic E-state index is 12.0. The van der Waals surface area contributed by atoms with E-state index in [4.69, 9.17) is 11.6 Å². The first-order valence-electron chi connectivity index (χ1n) is 6.54. The van der Waals surface area contributed by atoms with Crippen molar-refractivity contribution in [3.05, 3.63) is 28.8 Å². The summed E-state index contributed by atoms with van der Waals surface area (Å²) in [6, 6.07) is 5.40. The van der Waals surface area contributed by atoms with Crippen molar-refractivity contribution in [2.24, 2.45) is 0 Å². The normalized spacial score (nSPS) is 15.7. The fraction of sp³-hybridized carbons (Fsp3) is 0.538. The average Bonchev–Trinajstić information content (AvgIpc) is 3.19. The summed E-state index contributed by atoms with van der Waals surface area (Å²) >= 11 is 6.10. The number of hydrogen-bond acceptors (Lipinski definition) is 3. The first kappa shape index (κ1) is 14.8. The van der Waals surface area contributed by atoms with E-state index in [0.717, 1.165) is 12.0 Å². The highest BCUT2D eigenvalue weighted by Gasteiger charge is 2.21. The Bertz CT molecular complexity index is 542. The molecule has 0 aromatic heterocycles. The second-order valence-electron chi connectivity index (χ2n) is 4.81. The summed E-state index contributed by atoms with van der Waals surface area (Å²) < 4.78 is 26.6. The number of benzene rings is 1. The van der Waals surface area contributed by atoms with Gasteiger partial charge in [0.25, 0.3) is 0 Å². The molecule has 1 aromatic rings. The molecular formula is C13H19ClN2O2S. The van der Waals surface area contributed by atoms with Gasteiger partial charge in [0.05, 0.1) is 4.90 Å². The third-order valence-corrected chi connectivity index (χ3v) is 4.86. The van der Waals surface area contributed by atoms with Crippen molar-refractivity contribution >= 4 is 21.6 Å². The van der Waals surface area contributed by atoms with Gasteiger partial charge in [-0.15, -0.1) is 0 Å². The maximum absolute atomic E-state index is 12.0. The van der Waals surface area contributed by atoms with E-state index in [2.05, 4.69) is 10.0 Å². The molecule has 1 fully saturated rings. The van der Waals surface area contributed by atoms with Crippen LogP contribution in [0.4, 0.5) is 0 Å². The van der Waals surface area contributed by atoms with Crippen LogP contribution in [-0.4, -0.2) is 21.0 Å². The van der Waals surface area contributed by atoms with Crippen LogP contribution in [0, 0.1) is 0 Å². The van der Waals surface area contributed by atoms with Gasteiger partial charge in [0.15, 0.2) is 0 Å². The van der Waals surface area contributed by atoms with Crippen molar-refractivity contribution in [2.75, 3.05) is 6.54 Å². The summed E-state index contributed by atoms with van der Waals surface area (Å²) in [4.78, 5) is 0.276. The SMILES string of the molecule is CCCNS(=O)(=O)c1ccc(Cl)c(CNC2CC2)c1. The molecule has 0 saturated heterocycles. The summed E-state index contributed by atoms with van der Waals surface area (Å²) in [6.07, 6.45) is 3.14. The molecule has 0 atom stereocenters. The molecule has 0 aliphatic heterocycles. The fourth-order valence-corrected chi connectivity index (χ4v) is 3.08. The molecule has 0 heterocycles. The molecule has 1 aromatic carbocycles. The smallest absolute Gasteiger partial charge is 0.240 e. The first-order chi connectivity index (χ1) is 9.03. The zero-order valence-corrected chi connectivity index (χ0v) is 12.5. The Morgan fingerprint density at radius 2 is 2.11 bits per heavy atom. The van der Waals surface area contributed by atoms with E-state index >= 15 is 0 Å². The van der Waals surface area contributed by atoms with Gasteiger partial charge in [-0.05, 0) is 43.0 Å². The molecule has 0 amide bonds. The molecule has 0 spiro atoms. The van der Waals surface area contributed by atoms with Gasteiger partial charge in [-0.1, -0.05) is 18.5 Å². The third kappa shape index (κ3) is 4.18. The van der Waals surface area contributed by atoms with Crippen LogP contribution in [-0.2, 0) is 16.6 Å². The molecule has 6 heteroatoms. The summed E-state index contributed by atoms with van der Waals surface area (Å²) in [5.74, 6) is 0. The van der Waals surface area contributed by atoms with E-state index in [1.807, 2.05) is 6.92 Å². The Morgan fingerprint density at radius 3 is 2.74 bits per heavy atom. The average molecular weight is 303 g/mol. The van der Waals surface area contributed by atoms with Crippen molar-refractivity contribution in [1.82, 2.24) is 10.0 Å². The van der Waals surface area contributed by atoms with E-state index in [1.54, 1.807) is 18.2 Å². The summed E-state index contributed by atoms with van der Waals surface area (Å²) in [5, 5.41) is 3.94. The second-order valence-corrected chi connectivity index (χ2v) is 6.98. The van der Waals surface area contributed by atoms with E-state index in [0.29, 0.717) is 24.2 Å². The molecule has 2 N–H and O–H groups in total. The molecule has 1 aliphatic rings. The van der Waals surface area contributed by atoms with Gasteiger partial charge in [0.2, 0.25) is 10.0 Å². The van der Waals surface area contributed by atoms with Gasteiger partial charge >= 0.3 is 0 Å². The van der Waals surface area contributed by atoms with Crippen molar-refractivity contribution in [3.8, 4) is 0 Å². The van der Waals surface area contributed by atoms with E-state index in [-0.39, 0.29) is 4.90 Å². The van der Waals surface area contributed by atoms with Crippen LogP contribution in [0.15, 0.2) is 23.1 Å². The van der Waals surface area contributed by atoms with Gasteiger partial charge < -0.3 is 5.32 Å². The Kier molecular flexibility index (Phi) is 4.84. The number of hydrogen-bond donors (Lipinski definition) is 2. The van der Waals surface area contributed by atoms with Crippen LogP contribution >= 0.6 is 11.6 Å². The molecule has 4 nitrogen and oxygen atoms in total. The molecule has 2 rings (SSSR count). The molecule has 19 heavy (non-hydrogen) atoms. The highest BCUT2D eigenvalue weighted by molar-refractivity contribution is 7.89. The minimum Gasteiger partial charge on any atom is -0.310 e. The maximum Gasteiger partial charge on any atom is 0.240 e. The lowest BCUT2D eigenvalue weighted by atomic mass is 10.2. The van der Waals surface area contributed by atoms with Crippen LogP contribution in [0.5, 0.6) is 0 Å².